The van der Waals surface area contributed by atoms with Gasteiger partial charge in [-0.25, -0.2) is 18.1 Å². The predicted octanol–water partition coefficient (Wildman–Crippen LogP) is -0.124. The number of sulfonamides is 1. The van der Waals surface area contributed by atoms with Gasteiger partial charge in [0.25, 0.3) is 0 Å². The Morgan fingerprint density at radius 3 is 2.75 bits per heavy atom. The van der Waals surface area contributed by atoms with Gasteiger partial charge in [-0.1, -0.05) is 0 Å². The van der Waals surface area contributed by atoms with E-state index in [1.165, 1.54) is 4.68 Å². The van der Waals surface area contributed by atoms with Crippen molar-refractivity contribution >= 4 is 15.8 Å². The predicted molar refractivity (Wildman–Crippen MR) is 74.4 cm³/mol. The molecule has 20 heavy (non-hydrogen) atoms. The first-order chi connectivity index (χ1) is 9.42. The molecule has 0 amide bonds. The maximum absolute atomic E-state index is 12.2. The normalized spacial score (nSPS) is 11.9. The molecule has 0 aromatic carbocycles. The van der Waals surface area contributed by atoms with E-state index in [1.54, 1.807) is 26.5 Å². The lowest BCUT2D eigenvalue weighted by Crippen LogP contribution is -2.26. The zero-order valence-electron chi connectivity index (χ0n) is 11.4. The van der Waals surface area contributed by atoms with Gasteiger partial charge in [-0.05, 0) is 13.3 Å². The first-order valence-corrected chi connectivity index (χ1v) is 7.64. The minimum Gasteiger partial charge on any atom is -0.381 e. The van der Waals surface area contributed by atoms with Crippen molar-refractivity contribution in [1.29, 1.82) is 0 Å². The third kappa shape index (κ3) is 2.99. The number of aryl methyl sites for hydroxylation is 2. The molecule has 2 heterocycles. The molecule has 0 radical (unpaired) electrons. The van der Waals surface area contributed by atoms with E-state index in [0.29, 0.717) is 25.2 Å². The van der Waals surface area contributed by atoms with Crippen LogP contribution in [-0.2, 0) is 23.6 Å². The average molecular weight is 298 g/mol. The highest BCUT2D eigenvalue weighted by molar-refractivity contribution is 7.89. The lowest BCUT2D eigenvalue weighted by Gasteiger charge is -2.07. The summed E-state index contributed by atoms with van der Waals surface area (Å²) in [5.41, 5.74) is 6.16. The highest BCUT2D eigenvalue weighted by atomic mass is 32.2. The number of nitrogens with zero attached hydrogens (tertiary/aromatic N) is 4. The fraction of sp³-hybridized carbons (Fsp3) is 0.455. The van der Waals surface area contributed by atoms with Crippen LogP contribution < -0.4 is 10.5 Å². The Kier molecular flexibility index (Phi) is 4.09. The SMILES string of the molecule is Cc1c(S(=O)(=O)NCCCn2ccnc2)c(N)nn1C. The number of hydrogen-bond donors (Lipinski definition) is 2. The van der Waals surface area contributed by atoms with Gasteiger partial charge in [-0.3, -0.25) is 4.68 Å². The molecule has 3 N–H and O–H groups in total. The number of imidazole rings is 1. The molecule has 2 aromatic heterocycles. The first-order valence-electron chi connectivity index (χ1n) is 6.16. The van der Waals surface area contributed by atoms with Crippen LogP contribution in [0.4, 0.5) is 5.82 Å². The van der Waals surface area contributed by atoms with Crippen molar-refractivity contribution in [3.63, 3.8) is 0 Å². The summed E-state index contributed by atoms with van der Waals surface area (Å²) in [7, 11) is -1.97. The van der Waals surface area contributed by atoms with E-state index in [0.717, 1.165) is 0 Å². The molecule has 9 heteroatoms. The molecule has 2 rings (SSSR count). The molecule has 0 aliphatic carbocycles. The molecule has 0 aliphatic rings. The zero-order chi connectivity index (χ0) is 14.8. The fourth-order valence-electron chi connectivity index (χ4n) is 1.91. The van der Waals surface area contributed by atoms with Gasteiger partial charge in [-0.2, -0.15) is 5.10 Å². The summed E-state index contributed by atoms with van der Waals surface area (Å²) in [5, 5.41) is 3.91. The summed E-state index contributed by atoms with van der Waals surface area (Å²) in [5.74, 6) is 0.0205. The quantitative estimate of drug-likeness (QED) is 0.723. The maximum Gasteiger partial charge on any atom is 0.246 e. The van der Waals surface area contributed by atoms with Crippen LogP contribution in [0.2, 0.25) is 0 Å². The van der Waals surface area contributed by atoms with Gasteiger partial charge in [-0.15, -0.1) is 0 Å². The van der Waals surface area contributed by atoms with E-state index in [9.17, 15) is 8.42 Å². The molecular formula is C11H18N6O2S. The smallest absolute Gasteiger partial charge is 0.246 e. The monoisotopic (exact) mass is 298 g/mol. The van der Waals surface area contributed by atoms with E-state index >= 15 is 0 Å². The van der Waals surface area contributed by atoms with Crippen LogP contribution in [0.15, 0.2) is 23.6 Å². The average Bonchev–Trinajstić information content (AvgIpc) is 2.95. The highest BCUT2D eigenvalue weighted by Crippen LogP contribution is 2.20. The number of hydrogen-bond acceptors (Lipinski definition) is 5. The van der Waals surface area contributed by atoms with Crippen molar-refractivity contribution in [2.75, 3.05) is 12.3 Å². The van der Waals surface area contributed by atoms with Crippen LogP contribution in [-0.4, -0.2) is 34.3 Å². The Hall–Kier alpha value is -1.87. The first kappa shape index (κ1) is 14.5. The molecule has 0 atom stereocenters. The standard InChI is InChI=1S/C11H18N6O2S/c1-9-10(11(12)15-16(9)2)20(18,19)14-4-3-6-17-7-5-13-8-17/h5,7-8,14H,3-4,6H2,1-2H3,(H2,12,15). The molecule has 8 nitrogen and oxygen atoms in total. The van der Waals surface area contributed by atoms with Crippen molar-refractivity contribution < 1.29 is 8.42 Å². The largest absolute Gasteiger partial charge is 0.381 e. The summed E-state index contributed by atoms with van der Waals surface area (Å²) >= 11 is 0. The molecule has 110 valence electrons. The number of nitrogen functional groups attached to an aromatic ring is 1. The molecule has 0 spiro atoms. The molecule has 2 aromatic rings. The van der Waals surface area contributed by atoms with Crippen LogP contribution in [0.25, 0.3) is 0 Å². The van der Waals surface area contributed by atoms with Crippen molar-refractivity contribution in [2.24, 2.45) is 7.05 Å². The van der Waals surface area contributed by atoms with Crippen molar-refractivity contribution in [3.05, 3.63) is 24.4 Å². The van der Waals surface area contributed by atoms with Crippen molar-refractivity contribution in [3.8, 4) is 0 Å². The maximum atomic E-state index is 12.2. The second kappa shape index (κ2) is 5.63. The van der Waals surface area contributed by atoms with Crippen LogP contribution in [0.3, 0.4) is 0 Å². The van der Waals surface area contributed by atoms with Gasteiger partial charge >= 0.3 is 0 Å². The van der Waals surface area contributed by atoms with Crippen molar-refractivity contribution in [2.45, 2.75) is 24.8 Å². The topological polar surface area (TPSA) is 108 Å². The Morgan fingerprint density at radius 1 is 1.45 bits per heavy atom. The van der Waals surface area contributed by atoms with Crippen LogP contribution in [0.5, 0.6) is 0 Å². The summed E-state index contributed by atoms with van der Waals surface area (Å²) < 4.78 is 30.2. The minimum absolute atomic E-state index is 0.0205. The van der Waals surface area contributed by atoms with E-state index < -0.39 is 10.0 Å². The summed E-state index contributed by atoms with van der Waals surface area (Å²) in [4.78, 5) is 3.98. The third-order valence-electron chi connectivity index (χ3n) is 3.02. The van der Waals surface area contributed by atoms with Crippen LogP contribution in [0.1, 0.15) is 12.1 Å². The lowest BCUT2D eigenvalue weighted by molar-refractivity contribution is 0.569. The molecule has 0 bridgehead atoms. The van der Waals surface area contributed by atoms with E-state index in [-0.39, 0.29) is 10.7 Å². The van der Waals surface area contributed by atoms with Gasteiger partial charge < -0.3 is 10.3 Å². The lowest BCUT2D eigenvalue weighted by atomic mass is 10.4. The van der Waals surface area contributed by atoms with Crippen molar-refractivity contribution in [1.82, 2.24) is 24.1 Å². The number of anilines is 1. The number of aromatic nitrogens is 4. The number of rotatable bonds is 6. The highest BCUT2D eigenvalue weighted by Gasteiger charge is 2.23. The fourth-order valence-corrected chi connectivity index (χ4v) is 3.30. The molecule has 0 fully saturated rings. The summed E-state index contributed by atoms with van der Waals surface area (Å²) in [6.45, 7) is 2.70. The molecule has 0 unspecified atom stereocenters. The van der Waals surface area contributed by atoms with Crippen LogP contribution in [0, 0.1) is 6.92 Å². The van der Waals surface area contributed by atoms with Gasteiger partial charge in [0, 0.05) is 32.5 Å². The van der Waals surface area contributed by atoms with Gasteiger partial charge in [0.15, 0.2) is 5.82 Å². The Labute approximate surface area is 117 Å². The third-order valence-corrected chi connectivity index (χ3v) is 4.64. The minimum atomic E-state index is -3.63. The van der Waals surface area contributed by atoms with E-state index in [2.05, 4.69) is 14.8 Å². The zero-order valence-corrected chi connectivity index (χ0v) is 12.3. The molecule has 0 saturated carbocycles. The van der Waals surface area contributed by atoms with Gasteiger partial charge in [0.1, 0.15) is 4.90 Å². The Morgan fingerprint density at radius 2 is 2.20 bits per heavy atom. The Bertz CT molecular complexity index is 674. The summed E-state index contributed by atoms with van der Waals surface area (Å²) in [6.07, 6.45) is 5.87. The molecular weight excluding hydrogens is 280 g/mol. The second-order valence-electron chi connectivity index (χ2n) is 4.48. The van der Waals surface area contributed by atoms with Crippen LogP contribution >= 0.6 is 0 Å². The Balaban J connectivity index is 1.97. The number of nitrogens with one attached hydrogen (secondary N) is 1. The summed E-state index contributed by atoms with van der Waals surface area (Å²) in [6, 6.07) is 0. The molecule has 0 aliphatic heterocycles. The van der Waals surface area contributed by atoms with E-state index in [1.807, 2.05) is 10.8 Å². The second-order valence-corrected chi connectivity index (χ2v) is 6.18. The molecule has 0 saturated heterocycles. The van der Waals surface area contributed by atoms with E-state index in [4.69, 9.17) is 5.73 Å². The van der Waals surface area contributed by atoms with Gasteiger partial charge in [0.05, 0.1) is 12.0 Å². The number of nitrogens with two attached hydrogens (primary N) is 1. The van der Waals surface area contributed by atoms with Gasteiger partial charge in [0.2, 0.25) is 10.0 Å².